The van der Waals surface area contributed by atoms with Gasteiger partial charge in [0, 0.05) is 17.6 Å². The number of hydrogen-bond donors (Lipinski definition) is 1. The van der Waals surface area contributed by atoms with E-state index in [1.54, 1.807) is 23.1 Å². The summed E-state index contributed by atoms with van der Waals surface area (Å²) in [6, 6.07) is 5.58. The van der Waals surface area contributed by atoms with Crippen LogP contribution in [0.25, 0.3) is 0 Å². The molecule has 0 aromatic heterocycles. The minimum atomic E-state index is -0.0712. The van der Waals surface area contributed by atoms with Crippen LogP contribution < -0.4 is 4.74 Å². The maximum atomic E-state index is 12.2. The van der Waals surface area contributed by atoms with Crippen LogP contribution in [0.4, 0.5) is 0 Å². The fourth-order valence-corrected chi connectivity index (χ4v) is 2.54. The maximum Gasteiger partial charge on any atom is 0.260 e. The molecule has 1 N–H and O–H groups in total. The highest BCUT2D eigenvalue weighted by Crippen LogP contribution is 2.25. The molecule has 1 aliphatic rings. The van der Waals surface area contributed by atoms with E-state index in [0.29, 0.717) is 17.3 Å². The third-order valence-electron chi connectivity index (χ3n) is 3.66. The predicted molar refractivity (Wildman–Crippen MR) is 78.1 cm³/mol. The largest absolute Gasteiger partial charge is 0.483 e. The Morgan fingerprint density at radius 3 is 2.80 bits per heavy atom. The van der Waals surface area contributed by atoms with Crippen LogP contribution in [0, 0.1) is 6.92 Å². The number of hydrogen-bond acceptors (Lipinski definition) is 3. The Morgan fingerprint density at radius 1 is 1.50 bits per heavy atom. The second-order valence-electron chi connectivity index (χ2n) is 5.09. The second kappa shape index (κ2) is 6.95. The molecule has 1 aromatic rings. The van der Waals surface area contributed by atoms with E-state index >= 15 is 0 Å². The van der Waals surface area contributed by atoms with Crippen molar-refractivity contribution in [3.8, 4) is 5.75 Å². The molecular weight excluding hydrogens is 278 g/mol. The Morgan fingerprint density at radius 2 is 2.25 bits per heavy atom. The highest BCUT2D eigenvalue weighted by atomic mass is 35.5. The molecule has 0 heterocycles. The van der Waals surface area contributed by atoms with Gasteiger partial charge in [0.05, 0.1) is 6.61 Å². The highest BCUT2D eigenvalue weighted by Gasteiger charge is 2.28. The number of aryl methyl sites for hydroxylation is 1. The number of benzene rings is 1. The zero-order valence-electron chi connectivity index (χ0n) is 11.6. The number of amides is 1. The molecule has 0 bridgehead atoms. The van der Waals surface area contributed by atoms with Crippen molar-refractivity contribution in [1.82, 2.24) is 4.90 Å². The van der Waals surface area contributed by atoms with Crippen LogP contribution in [0.2, 0.25) is 5.02 Å². The van der Waals surface area contributed by atoms with Gasteiger partial charge < -0.3 is 14.7 Å². The Balaban J connectivity index is 1.92. The van der Waals surface area contributed by atoms with Crippen LogP contribution in [-0.4, -0.2) is 41.7 Å². The summed E-state index contributed by atoms with van der Waals surface area (Å²) in [7, 11) is 0. The molecule has 0 saturated heterocycles. The van der Waals surface area contributed by atoms with E-state index in [1.807, 2.05) is 6.92 Å². The molecule has 0 spiro atoms. The zero-order valence-corrected chi connectivity index (χ0v) is 12.4. The van der Waals surface area contributed by atoms with Gasteiger partial charge in [-0.25, -0.2) is 0 Å². The molecule has 1 aromatic carbocycles. The molecule has 1 amide bonds. The molecule has 0 aliphatic heterocycles. The zero-order chi connectivity index (χ0) is 14.5. The quantitative estimate of drug-likeness (QED) is 0.877. The van der Waals surface area contributed by atoms with Crippen LogP contribution in [0.3, 0.4) is 0 Å². The van der Waals surface area contributed by atoms with Gasteiger partial charge in [-0.05, 0) is 49.9 Å². The van der Waals surface area contributed by atoms with Crippen molar-refractivity contribution in [1.29, 1.82) is 0 Å². The Labute approximate surface area is 124 Å². The Kier molecular flexibility index (Phi) is 5.26. The van der Waals surface area contributed by atoms with Gasteiger partial charge in [0.15, 0.2) is 6.61 Å². The summed E-state index contributed by atoms with van der Waals surface area (Å²) in [5.74, 6) is 0.596. The van der Waals surface area contributed by atoms with Crippen LogP contribution in [0.15, 0.2) is 18.2 Å². The lowest BCUT2D eigenvalue weighted by molar-refractivity contribution is -0.138. The molecule has 5 heteroatoms. The monoisotopic (exact) mass is 297 g/mol. The summed E-state index contributed by atoms with van der Waals surface area (Å²) in [6.45, 7) is 2.26. The van der Waals surface area contributed by atoms with Gasteiger partial charge >= 0.3 is 0 Å². The van der Waals surface area contributed by atoms with Crippen LogP contribution in [-0.2, 0) is 4.79 Å². The van der Waals surface area contributed by atoms with Gasteiger partial charge in [0.2, 0.25) is 0 Å². The van der Waals surface area contributed by atoms with Gasteiger partial charge in [-0.15, -0.1) is 0 Å². The third kappa shape index (κ3) is 3.64. The van der Waals surface area contributed by atoms with E-state index in [1.165, 1.54) is 0 Å². The first kappa shape index (κ1) is 15.1. The topological polar surface area (TPSA) is 49.8 Å². The van der Waals surface area contributed by atoms with Crippen molar-refractivity contribution in [2.45, 2.75) is 32.2 Å². The first-order valence-corrected chi connectivity index (χ1v) is 7.29. The summed E-state index contributed by atoms with van der Waals surface area (Å²) < 4.78 is 5.57. The molecule has 1 aliphatic carbocycles. The fourth-order valence-electron chi connectivity index (χ4n) is 2.31. The van der Waals surface area contributed by atoms with Crippen molar-refractivity contribution >= 4 is 17.5 Å². The predicted octanol–water partition coefficient (Wildman–Crippen LogP) is 2.40. The average Bonchev–Trinajstić information content (AvgIpc) is 2.34. The summed E-state index contributed by atoms with van der Waals surface area (Å²) in [5, 5.41) is 9.72. The van der Waals surface area contributed by atoms with Gasteiger partial charge in [-0.1, -0.05) is 11.6 Å². The molecule has 20 heavy (non-hydrogen) atoms. The lowest BCUT2D eigenvalue weighted by Crippen LogP contribution is -2.47. The van der Waals surface area contributed by atoms with Crippen LogP contribution >= 0.6 is 11.6 Å². The van der Waals surface area contributed by atoms with E-state index in [2.05, 4.69) is 0 Å². The SMILES string of the molecule is Cc1cc(Cl)ccc1OCC(=O)N(CCO)C1CCC1. The number of carbonyl (C=O) groups is 1. The summed E-state index contributed by atoms with van der Waals surface area (Å²) in [4.78, 5) is 13.9. The summed E-state index contributed by atoms with van der Waals surface area (Å²) >= 11 is 5.88. The number of ether oxygens (including phenoxy) is 1. The highest BCUT2D eigenvalue weighted by molar-refractivity contribution is 6.30. The molecule has 0 atom stereocenters. The number of nitrogens with zero attached hydrogens (tertiary/aromatic N) is 1. The van der Waals surface area contributed by atoms with E-state index in [0.717, 1.165) is 24.8 Å². The maximum absolute atomic E-state index is 12.2. The number of halogens is 1. The lowest BCUT2D eigenvalue weighted by atomic mass is 9.91. The third-order valence-corrected chi connectivity index (χ3v) is 3.90. The van der Waals surface area contributed by atoms with Gasteiger partial charge in [0.25, 0.3) is 5.91 Å². The Hall–Kier alpha value is -1.26. The lowest BCUT2D eigenvalue weighted by Gasteiger charge is -2.37. The van der Waals surface area contributed by atoms with Crippen LogP contribution in [0.5, 0.6) is 5.75 Å². The molecule has 110 valence electrons. The Bertz CT molecular complexity index is 474. The van der Waals surface area contributed by atoms with Crippen molar-refractivity contribution in [3.05, 3.63) is 28.8 Å². The van der Waals surface area contributed by atoms with E-state index in [4.69, 9.17) is 21.4 Å². The van der Waals surface area contributed by atoms with Crippen molar-refractivity contribution in [2.75, 3.05) is 19.8 Å². The number of rotatable bonds is 6. The van der Waals surface area contributed by atoms with Gasteiger partial charge in [0.1, 0.15) is 5.75 Å². The van der Waals surface area contributed by atoms with Gasteiger partial charge in [-0.2, -0.15) is 0 Å². The van der Waals surface area contributed by atoms with Crippen molar-refractivity contribution < 1.29 is 14.6 Å². The summed E-state index contributed by atoms with van der Waals surface area (Å²) in [6.07, 6.45) is 3.19. The second-order valence-corrected chi connectivity index (χ2v) is 5.53. The van der Waals surface area contributed by atoms with Crippen molar-refractivity contribution in [2.24, 2.45) is 0 Å². The first-order chi connectivity index (χ1) is 9.61. The molecule has 4 nitrogen and oxygen atoms in total. The molecule has 0 unspecified atom stereocenters. The molecular formula is C15H20ClNO3. The number of carbonyl (C=O) groups excluding carboxylic acids is 1. The standard InChI is InChI=1S/C15H20ClNO3/c1-11-9-12(16)5-6-14(11)20-10-15(19)17(7-8-18)13-3-2-4-13/h5-6,9,13,18H,2-4,7-8,10H2,1H3. The number of aliphatic hydroxyl groups is 1. The van der Waals surface area contributed by atoms with E-state index in [9.17, 15) is 4.79 Å². The molecule has 2 rings (SSSR count). The minimum Gasteiger partial charge on any atom is -0.483 e. The van der Waals surface area contributed by atoms with Gasteiger partial charge in [-0.3, -0.25) is 4.79 Å². The van der Waals surface area contributed by atoms with Crippen molar-refractivity contribution in [3.63, 3.8) is 0 Å². The minimum absolute atomic E-state index is 0.00102. The number of aliphatic hydroxyl groups excluding tert-OH is 1. The summed E-state index contributed by atoms with van der Waals surface area (Å²) in [5.41, 5.74) is 0.905. The normalized spacial score (nSPS) is 14.8. The molecule has 1 fully saturated rings. The average molecular weight is 298 g/mol. The molecule has 1 saturated carbocycles. The van der Waals surface area contributed by atoms with E-state index < -0.39 is 0 Å². The fraction of sp³-hybridized carbons (Fsp3) is 0.533. The van der Waals surface area contributed by atoms with Crippen LogP contribution in [0.1, 0.15) is 24.8 Å². The smallest absolute Gasteiger partial charge is 0.260 e. The first-order valence-electron chi connectivity index (χ1n) is 6.91. The molecule has 0 radical (unpaired) electrons. The van der Waals surface area contributed by atoms with E-state index in [-0.39, 0.29) is 25.2 Å².